The average Bonchev–Trinajstić information content (AvgIpc) is 2.61. The molecule has 1 aromatic rings. The molecule has 0 spiro atoms. The lowest BCUT2D eigenvalue weighted by Gasteiger charge is -2.42. The number of rotatable bonds is 11. The van der Waals surface area contributed by atoms with E-state index in [9.17, 15) is 4.79 Å². The molecule has 2 atom stereocenters. The van der Waals surface area contributed by atoms with Gasteiger partial charge < -0.3 is 4.43 Å². The maximum Gasteiger partial charge on any atom is 0.200 e. The molecule has 1 aromatic carbocycles. The van der Waals surface area contributed by atoms with E-state index in [1.807, 2.05) is 38.1 Å². The van der Waals surface area contributed by atoms with Crippen LogP contribution in [0.25, 0.3) is 0 Å². The summed E-state index contributed by atoms with van der Waals surface area (Å²) in [4.78, 5) is 12.8. The van der Waals surface area contributed by atoms with Crippen LogP contribution in [-0.2, 0) is 15.6 Å². The lowest BCUT2D eigenvalue weighted by atomic mass is 9.95. The minimum atomic E-state index is -1.91. The normalized spacial score (nSPS) is 15.1. The molecule has 0 aromatic heterocycles. The smallest absolute Gasteiger partial charge is 0.200 e. The fourth-order valence-corrected chi connectivity index (χ4v) is 9.96. The van der Waals surface area contributed by atoms with Crippen LogP contribution in [0.1, 0.15) is 61.0 Å². The second-order valence-corrected chi connectivity index (χ2v) is 14.3. The average molecular weight is 389 g/mol. The van der Waals surface area contributed by atoms with Gasteiger partial charge in [0, 0.05) is 18.4 Å². The molecule has 3 heteroatoms. The van der Waals surface area contributed by atoms with E-state index in [2.05, 4.69) is 59.8 Å². The zero-order valence-corrected chi connectivity index (χ0v) is 19.7. The summed E-state index contributed by atoms with van der Waals surface area (Å²) in [6, 6.07) is 10.3. The fraction of sp³-hybridized carbons (Fsp3) is 0.625. The van der Waals surface area contributed by atoms with Crippen LogP contribution in [-0.4, -0.2) is 20.7 Å². The molecule has 0 bridgehead atoms. The number of benzene rings is 1. The Hall–Kier alpha value is -1.19. The highest BCUT2D eigenvalue weighted by Crippen LogP contribution is 2.42. The minimum absolute atomic E-state index is 0.0653. The molecular formula is C24H40O2Si. The zero-order valence-electron chi connectivity index (χ0n) is 18.7. The van der Waals surface area contributed by atoms with Gasteiger partial charge in [0.2, 0.25) is 0 Å². The van der Waals surface area contributed by atoms with Gasteiger partial charge in [-0.1, -0.05) is 97.9 Å². The Balaban J connectivity index is 2.66. The van der Waals surface area contributed by atoms with Gasteiger partial charge in [-0.15, -0.1) is 0 Å². The van der Waals surface area contributed by atoms with Crippen LogP contribution in [0.15, 0.2) is 42.5 Å². The maximum atomic E-state index is 12.8. The molecule has 0 saturated carbocycles. The fourth-order valence-electron chi connectivity index (χ4n) is 4.42. The van der Waals surface area contributed by atoms with E-state index < -0.39 is 8.32 Å². The SMILES string of the molecule is CC(C)[Si](OC[C@H](C)C(=O)[C@H](C)/C=C/Cc1ccccc1)(C(C)C)C(C)C. The molecule has 0 N–H and O–H groups in total. The number of hydrogen-bond donors (Lipinski definition) is 0. The molecule has 0 amide bonds. The summed E-state index contributed by atoms with van der Waals surface area (Å²) in [6.07, 6.45) is 5.03. The van der Waals surface area contributed by atoms with Gasteiger partial charge in [0.05, 0.1) is 0 Å². The predicted molar refractivity (Wildman–Crippen MR) is 120 cm³/mol. The van der Waals surface area contributed by atoms with Crippen molar-refractivity contribution in [2.24, 2.45) is 11.8 Å². The highest BCUT2D eigenvalue weighted by atomic mass is 28.4. The quantitative estimate of drug-likeness (QED) is 0.307. The Morgan fingerprint density at radius 1 is 0.926 bits per heavy atom. The second kappa shape index (κ2) is 11.0. The van der Waals surface area contributed by atoms with Crippen LogP contribution in [0.2, 0.25) is 16.6 Å². The summed E-state index contributed by atoms with van der Waals surface area (Å²) in [6.45, 7) is 18.3. The number of carbonyl (C=O) groups excluding carboxylic acids is 1. The van der Waals surface area contributed by atoms with Crippen molar-refractivity contribution < 1.29 is 9.22 Å². The van der Waals surface area contributed by atoms with Gasteiger partial charge >= 0.3 is 0 Å². The highest BCUT2D eigenvalue weighted by Gasteiger charge is 2.45. The first-order chi connectivity index (χ1) is 12.6. The molecule has 0 aliphatic carbocycles. The van der Waals surface area contributed by atoms with E-state index in [4.69, 9.17) is 4.43 Å². The van der Waals surface area contributed by atoms with Crippen molar-refractivity contribution in [3.05, 3.63) is 48.0 Å². The van der Waals surface area contributed by atoms with Crippen LogP contribution in [0.3, 0.4) is 0 Å². The third-order valence-corrected chi connectivity index (χ3v) is 11.9. The molecule has 0 unspecified atom stereocenters. The Bertz CT molecular complexity index is 568. The van der Waals surface area contributed by atoms with Crippen molar-refractivity contribution in [2.75, 3.05) is 6.61 Å². The van der Waals surface area contributed by atoms with Crippen molar-refractivity contribution in [3.8, 4) is 0 Å². The molecular weight excluding hydrogens is 348 g/mol. The Morgan fingerprint density at radius 2 is 1.44 bits per heavy atom. The van der Waals surface area contributed by atoms with Gasteiger partial charge in [0.25, 0.3) is 0 Å². The van der Waals surface area contributed by atoms with E-state index >= 15 is 0 Å². The van der Waals surface area contributed by atoms with E-state index in [0.717, 1.165) is 6.42 Å². The van der Waals surface area contributed by atoms with Crippen LogP contribution < -0.4 is 0 Å². The largest absolute Gasteiger partial charge is 0.415 e. The molecule has 0 heterocycles. The second-order valence-electron chi connectivity index (χ2n) is 8.84. The van der Waals surface area contributed by atoms with Crippen molar-refractivity contribution >= 4 is 14.1 Å². The third-order valence-electron chi connectivity index (χ3n) is 5.85. The van der Waals surface area contributed by atoms with Gasteiger partial charge in [-0.3, -0.25) is 4.79 Å². The minimum Gasteiger partial charge on any atom is -0.415 e. The van der Waals surface area contributed by atoms with Crippen LogP contribution >= 0.6 is 0 Å². The maximum absolute atomic E-state index is 12.8. The van der Waals surface area contributed by atoms with E-state index in [1.54, 1.807) is 0 Å². The van der Waals surface area contributed by atoms with Crippen LogP contribution in [0.4, 0.5) is 0 Å². The standard InChI is InChI=1S/C24H40O2Si/c1-18(2)27(19(3)4,20(5)6)26-17-22(8)24(25)21(7)13-12-16-23-14-10-9-11-15-23/h9-15,18-22H,16-17H2,1-8H3/b13-12+/t21-,22+/m1/s1. The van der Waals surface area contributed by atoms with Gasteiger partial charge in [0.1, 0.15) is 5.78 Å². The highest BCUT2D eigenvalue weighted by molar-refractivity contribution is 6.77. The Labute approximate surface area is 168 Å². The summed E-state index contributed by atoms with van der Waals surface area (Å²) >= 11 is 0. The topological polar surface area (TPSA) is 26.3 Å². The number of carbonyl (C=O) groups is 1. The molecule has 0 radical (unpaired) electrons. The lowest BCUT2D eigenvalue weighted by molar-refractivity contribution is -0.125. The van der Waals surface area contributed by atoms with Gasteiger partial charge in [0.15, 0.2) is 8.32 Å². The molecule has 0 aliphatic rings. The van der Waals surface area contributed by atoms with E-state index in [1.165, 1.54) is 5.56 Å². The van der Waals surface area contributed by atoms with Crippen molar-refractivity contribution in [1.29, 1.82) is 0 Å². The summed E-state index contributed by atoms with van der Waals surface area (Å²) in [5, 5.41) is 0. The number of allylic oxidation sites excluding steroid dienone is 2. The number of Topliss-reactive ketones (excluding diaryl/α,β-unsaturated/α-hetero) is 1. The van der Waals surface area contributed by atoms with E-state index in [-0.39, 0.29) is 17.6 Å². The van der Waals surface area contributed by atoms with Crippen molar-refractivity contribution in [2.45, 2.75) is 78.4 Å². The summed E-state index contributed by atoms with van der Waals surface area (Å²) < 4.78 is 6.61. The van der Waals surface area contributed by atoms with Gasteiger partial charge in [-0.05, 0) is 28.6 Å². The first kappa shape index (κ1) is 23.8. The monoisotopic (exact) mass is 388 g/mol. The first-order valence-corrected chi connectivity index (χ1v) is 12.6. The zero-order chi connectivity index (χ0) is 20.6. The predicted octanol–water partition coefficient (Wildman–Crippen LogP) is 6.82. The summed E-state index contributed by atoms with van der Waals surface area (Å²) in [5.41, 5.74) is 2.90. The summed E-state index contributed by atoms with van der Waals surface area (Å²) in [5.74, 6) is 0.142. The molecule has 2 nitrogen and oxygen atoms in total. The Kier molecular flexibility index (Phi) is 9.68. The van der Waals surface area contributed by atoms with Crippen molar-refractivity contribution in [3.63, 3.8) is 0 Å². The van der Waals surface area contributed by atoms with E-state index in [0.29, 0.717) is 23.2 Å². The van der Waals surface area contributed by atoms with Crippen LogP contribution in [0.5, 0.6) is 0 Å². The Morgan fingerprint density at radius 3 is 1.93 bits per heavy atom. The third kappa shape index (κ3) is 6.43. The number of ketones is 1. The molecule has 0 saturated heterocycles. The van der Waals surface area contributed by atoms with Gasteiger partial charge in [-0.2, -0.15) is 0 Å². The van der Waals surface area contributed by atoms with Crippen LogP contribution in [0, 0.1) is 11.8 Å². The molecule has 27 heavy (non-hydrogen) atoms. The molecule has 0 aliphatic heterocycles. The van der Waals surface area contributed by atoms with Crippen molar-refractivity contribution in [1.82, 2.24) is 0 Å². The van der Waals surface area contributed by atoms with Gasteiger partial charge in [-0.25, -0.2) is 0 Å². The molecule has 0 fully saturated rings. The lowest BCUT2D eigenvalue weighted by Crippen LogP contribution is -2.49. The summed E-state index contributed by atoms with van der Waals surface area (Å²) in [7, 11) is -1.91. The first-order valence-electron chi connectivity index (χ1n) is 10.5. The molecule has 152 valence electrons. The molecule has 1 rings (SSSR count). The number of hydrogen-bond acceptors (Lipinski definition) is 2.